The summed E-state index contributed by atoms with van der Waals surface area (Å²) in [7, 11) is 0. The predicted octanol–water partition coefficient (Wildman–Crippen LogP) is 2.36. The van der Waals surface area contributed by atoms with Crippen LogP contribution in [0.5, 0.6) is 5.75 Å². The van der Waals surface area contributed by atoms with Gasteiger partial charge >= 0.3 is 5.97 Å². The zero-order valence-corrected chi connectivity index (χ0v) is 15.6. The first-order chi connectivity index (χ1) is 13.0. The van der Waals surface area contributed by atoms with Gasteiger partial charge in [0.2, 0.25) is 5.91 Å². The highest BCUT2D eigenvalue weighted by Gasteiger charge is 2.31. The van der Waals surface area contributed by atoms with Crippen molar-refractivity contribution in [1.29, 1.82) is 0 Å². The summed E-state index contributed by atoms with van der Waals surface area (Å²) in [5.74, 6) is -0.746. The quantitative estimate of drug-likeness (QED) is 0.764. The number of thiazole rings is 1. The fraction of sp³-hybridized carbons (Fsp3) is 0.316. The van der Waals surface area contributed by atoms with Crippen molar-refractivity contribution in [3.05, 3.63) is 52.0 Å². The van der Waals surface area contributed by atoms with Crippen molar-refractivity contribution >= 4 is 29.3 Å². The molecule has 1 N–H and O–H groups in total. The Morgan fingerprint density at radius 2 is 2.33 bits per heavy atom. The molecule has 8 heteroatoms. The molecular weight excluding hydrogens is 368 g/mol. The van der Waals surface area contributed by atoms with E-state index in [1.165, 1.54) is 11.0 Å². The lowest BCUT2D eigenvalue weighted by Crippen LogP contribution is -2.52. The van der Waals surface area contributed by atoms with Gasteiger partial charge in [0.05, 0.1) is 23.9 Å². The van der Waals surface area contributed by atoms with E-state index >= 15 is 0 Å². The molecule has 0 saturated carbocycles. The van der Waals surface area contributed by atoms with Gasteiger partial charge in [0.25, 0.3) is 0 Å². The summed E-state index contributed by atoms with van der Waals surface area (Å²) in [4.78, 5) is 29.3. The van der Waals surface area contributed by atoms with E-state index in [1.54, 1.807) is 17.4 Å². The maximum Gasteiger partial charge on any atom is 0.328 e. The van der Waals surface area contributed by atoms with Gasteiger partial charge in [-0.2, -0.15) is 0 Å². The predicted molar refractivity (Wildman–Crippen MR) is 101 cm³/mol. The fourth-order valence-electron chi connectivity index (χ4n) is 2.68. The minimum absolute atomic E-state index is 0.00827. The standard InChI is InChI=1S/C19H20N2O5S/c1-13-20-15(12-27-13)10-26-16-4-2-3-14(9-16)5-6-18(22)21-7-8-25-11-17(21)19(23)24/h2-6,9,12,17H,7-8,10-11H2,1H3,(H,23,24)/b6-5+. The van der Waals surface area contributed by atoms with Crippen molar-refractivity contribution in [2.24, 2.45) is 0 Å². The Balaban J connectivity index is 1.62. The number of aryl methyl sites for hydroxylation is 1. The summed E-state index contributed by atoms with van der Waals surface area (Å²) in [6.45, 7) is 2.93. The van der Waals surface area contributed by atoms with Gasteiger partial charge in [-0.3, -0.25) is 4.79 Å². The first-order valence-corrected chi connectivity index (χ1v) is 9.34. The lowest BCUT2D eigenvalue weighted by molar-refractivity contribution is -0.156. The number of rotatable bonds is 6. The maximum absolute atomic E-state index is 12.4. The summed E-state index contributed by atoms with van der Waals surface area (Å²) in [6, 6.07) is 6.38. The average molecular weight is 388 g/mol. The molecule has 142 valence electrons. The van der Waals surface area contributed by atoms with Crippen LogP contribution in [0.2, 0.25) is 0 Å². The largest absolute Gasteiger partial charge is 0.487 e. The summed E-state index contributed by atoms with van der Waals surface area (Å²) in [6.07, 6.45) is 3.03. The van der Waals surface area contributed by atoms with Gasteiger partial charge in [-0.15, -0.1) is 11.3 Å². The lowest BCUT2D eigenvalue weighted by atomic mass is 10.2. The summed E-state index contributed by atoms with van der Waals surface area (Å²) in [5.41, 5.74) is 1.66. The minimum atomic E-state index is -1.07. The van der Waals surface area contributed by atoms with E-state index in [0.717, 1.165) is 16.3 Å². The molecule has 1 aromatic heterocycles. The number of morpholine rings is 1. The Morgan fingerprint density at radius 1 is 1.48 bits per heavy atom. The Morgan fingerprint density at radius 3 is 3.07 bits per heavy atom. The normalized spacial score (nSPS) is 17.2. The molecule has 2 aromatic rings. The lowest BCUT2D eigenvalue weighted by Gasteiger charge is -2.31. The molecule has 2 heterocycles. The van der Waals surface area contributed by atoms with Gasteiger partial charge in [0, 0.05) is 18.0 Å². The first kappa shape index (κ1) is 19.1. The number of benzene rings is 1. The molecule has 1 amide bonds. The van der Waals surface area contributed by atoms with Crippen LogP contribution in [0.15, 0.2) is 35.7 Å². The molecule has 0 radical (unpaired) electrons. The highest BCUT2D eigenvalue weighted by Crippen LogP contribution is 2.17. The summed E-state index contributed by atoms with van der Waals surface area (Å²) in [5, 5.41) is 12.2. The van der Waals surface area contributed by atoms with Crippen molar-refractivity contribution < 1.29 is 24.2 Å². The molecule has 0 aliphatic carbocycles. The molecule has 27 heavy (non-hydrogen) atoms. The monoisotopic (exact) mass is 388 g/mol. The van der Waals surface area contributed by atoms with Crippen molar-refractivity contribution in [2.45, 2.75) is 19.6 Å². The second kappa shape index (κ2) is 8.79. The van der Waals surface area contributed by atoms with Gasteiger partial charge in [-0.1, -0.05) is 12.1 Å². The SMILES string of the molecule is Cc1nc(COc2cccc(/C=C/C(=O)N3CCOCC3C(=O)O)c2)cs1. The van der Waals surface area contributed by atoms with Gasteiger partial charge in [-0.25, -0.2) is 9.78 Å². The van der Waals surface area contributed by atoms with Crippen LogP contribution in [0, 0.1) is 6.92 Å². The maximum atomic E-state index is 12.4. The van der Waals surface area contributed by atoms with Gasteiger partial charge in [0.1, 0.15) is 12.4 Å². The third kappa shape index (κ3) is 5.15. The van der Waals surface area contributed by atoms with Crippen LogP contribution in [0.4, 0.5) is 0 Å². The molecule has 0 bridgehead atoms. The Bertz CT molecular complexity index is 848. The number of ether oxygens (including phenoxy) is 2. The Kier molecular flexibility index (Phi) is 6.20. The molecule has 1 unspecified atom stereocenters. The molecule has 1 aliphatic heterocycles. The topological polar surface area (TPSA) is 89.0 Å². The number of aliphatic carboxylic acids is 1. The zero-order valence-electron chi connectivity index (χ0n) is 14.8. The average Bonchev–Trinajstić information content (AvgIpc) is 3.10. The second-order valence-electron chi connectivity index (χ2n) is 6.01. The number of carbonyl (C=O) groups is 2. The number of aromatic nitrogens is 1. The molecule has 1 saturated heterocycles. The van der Waals surface area contributed by atoms with Crippen molar-refractivity contribution in [1.82, 2.24) is 9.88 Å². The van der Waals surface area contributed by atoms with E-state index < -0.39 is 12.0 Å². The molecular formula is C19H20N2O5S. The minimum Gasteiger partial charge on any atom is -0.487 e. The first-order valence-electron chi connectivity index (χ1n) is 8.46. The van der Waals surface area contributed by atoms with E-state index in [-0.39, 0.29) is 19.1 Å². The fourth-order valence-corrected chi connectivity index (χ4v) is 3.27. The van der Waals surface area contributed by atoms with Crippen molar-refractivity contribution in [3.63, 3.8) is 0 Å². The molecule has 0 spiro atoms. The van der Waals surface area contributed by atoms with Crippen LogP contribution in [-0.4, -0.2) is 52.7 Å². The number of amides is 1. The van der Waals surface area contributed by atoms with E-state index in [9.17, 15) is 14.7 Å². The van der Waals surface area contributed by atoms with Gasteiger partial charge in [-0.05, 0) is 30.7 Å². The van der Waals surface area contributed by atoms with Crippen LogP contribution in [0.25, 0.3) is 6.08 Å². The highest BCUT2D eigenvalue weighted by atomic mass is 32.1. The second-order valence-corrected chi connectivity index (χ2v) is 7.08. The van der Waals surface area contributed by atoms with Crippen molar-refractivity contribution in [2.75, 3.05) is 19.8 Å². The number of carboxylic acids is 1. The van der Waals surface area contributed by atoms with Crippen LogP contribution in [0.3, 0.4) is 0 Å². The van der Waals surface area contributed by atoms with E-state index in [2.05, 4.69) is 4.98 Å². The van der Waals surface area contributed by atoms with Crippen LogP contribution < -0.4 is 4.74 Å². The van der Waals surface area contributed by atoms with E-state index in [4.69, 9.17) is 9.47 Å². The van der Waals surface area contributed by atoms with E-state index in [0.29, 0.717) is 19.0 Å². The number of carbonyl (C=O) groups excluding carboxylic acids is 1. The molecule has 1 atom stereocenters. The Hall–Kier alpha value is -2.71. The third-order valence-electron chi connectivity index (χ3n) is 4.03. The summed E-state index contributed by atoms with van der Waals surface area (Å²) >= 11 is 1.57. The van der Waals surface area contributed by atoms with Crippen molar-refractivity contribution in [3.8, 4) is 5.75 Å². The summed E-state index contributed by atoms with van der Waals surface area (Å²) < 4.78 is 10.9. The molecule has 1 fully saturated rings. The van der Waals surface area contributed by atoms with Crippen LogP contribution >= 0.6 is 11.3 Å². The number of nitrogens with zero attached hydrogens (tertiary/aromatic N) is 2. The van der Waals surface area contributed by atoms with Crippen LogP contribution in [-0.2, 0) is 20.9 Å². The number of hydrogen-bond donors (Lipinski definition) is 1. The number of hydrogen-bond acceptors (Lipinski definition) is 6. The molecule has 7 nitrogen and oxygen atoms in total. The number of carboxylic acid groups (broad SMARTS) is 1. The van der Waals surface area contributed by atoms with Gasteiger partial charge in [0.15, 0.2) is 6.04 Å². The molecule has 3 rings (SSSR count). The van der Waals surface area contributed by atoms with Gasteiger partial charge < -0.3 is 19.5 Å². The van der Waals surface area contributed by atoms with Crippen LogP contribution in [0.1, 0.15) is 16.3 Å². The van der Waals surface area contributed by atoms with E-state index in [1.807, 2.05) is 36.6 Å². The molecule has 1 aliphatic rings. The molecule has 1 aromatic carbocycles. The zero-order chi connectivity index (χ0) is 19.2. The smallest absolute Gasteiger partial charge is 0.328 e. The Labute approximate surface area is 160 Å². The third-order valence-corrected chi connectivity index (χ3v) is 4.85. The highest BCUT2D eigenvalue weighted by molar-refractivity contribution is 7.09.